The number of aliphatic hydroxyl groups excluding tert-OH is 4. The van der Waals surface area contributed by atoms with Crippen LogP contribution in [0.4, 0.5) is 0 Å². The second kappa shape index (κ2) is 20.0. The molecule has 6 unspecified atom stereocenters. The molecule has 0 bridgehead atoms. The second-order valence-electron chi connectivity index (χ2n) is 14.2. The zero-order chi connectivity index (χ0) is 43.0. The van der Waals surface area contributed by atoms with Crippen LogP contribution in [0.3, 0.4) is 0 Å². The highest BCUT2D eigenvalue weighted by atomic mass is 16.7. The number of aliphatic carboxylic acids is 1. The largest absolute Gasteiger partial charge is 0.497 e. The van der Waals surface area contributed by atoms with Crippen molar-refractivity contribution >= 4 is 17.8 Å². The molecule has 3 aromatic rings. The molecule has 5 rings (SSSR count). The normalized spacial score (nSPS) is 28.4. The number of nitrogens with one attached hydrogen (secondary N) is 2. The van der Waals surface area contributed by atoms with Crippen molar-refractivity contribution in [2.75, 3.05) is 34.4 Å². The third-order valence-electron chi connectivity index (χ3n) is 10.4. The number of rotatable bonds is 17. The van der Waals surface area contributed by atoms with Crippen LogP contribution in [-0.4, -0.2) is 144 Å². The maximum Gasteiger partial charge on any atom is 0.335 e. The van der Waals surface area contributed by atoms with Gasteiger partial charge in [-0.05, 0) is 60.9 Å². The summed E-state index contributed by atoms with van der Waals surface area (Å²) in [5.41, 5.74) is 0.0916. The Morgan fingerprint density at radius 1 is 0.695 bits per heavy atom. The lowest BCUT2D eigenvalue weighted by Gasteiger charge is -2.45. The Morgan fingerprint density at radius 2 is 1.20 bits per heavy atom. The van der Waals surface area contributed by atoms with Gasteiger partial charge in [0.05, 0.1) is 13.0 Å². The number of carbonyl (C=O) groups excluding carboxylic acids is 2. The van der Waals surface area contributed by atoms with Crippen LogP contribution < -0.4 is 20.1 Å². The van der Waals surface area contributed by atoms with Crippen molar-refractivity contribution in [1.29, 1.82) is 0 Å². The molecule has 3 aromatic carbocycles. The number of methoxy groups -OCH3 is 3. The average molecular weight is 829 g/mol. The van der Waals surface area contributed by atoms with Crippen molar-refractivity contribution in [3.8, 4) is 17.2 Å². The quantitative estimate of drug-likeness (QED) is 0.0852. The van der Waals surface area contributed by atoms with E-state index >= 15 is 0 Å². The van der Waals surface area contributed by atoms with Gasteiger partial charge >= 0.3 is 5.97 Å². The van der Waals surface area contributed by atoms with Gasteiger partial charge in [-0.2, -0.15) is 0 Å². The topological polar surface area (TPSA) is 261 Å². The van der Waals surface area contributed by atoms with Gasteiger partial charge in [0.2, 0.25) is 5.91 Å². The number of carboxylic acid groups (broad SMARTS) is 1. The van der Waals surface area contributed by atoms with Crippen LogP contribution in [0.5, 0.6) is 17.2 Å². The van der Waals surface area contributed by atoms with Crippen LogP contribution in [0.15, 0.2) is 72.8 Å². The zero-order valence-corrected chi connectivity index (χ0v) is 33.2. The summed E-state index contributed by atoms with van der Waals surface area (Å²) in [5, 5.41) is 70.3. The molecule has 2 amide bonds. The molecule has 8 N–H and O–H groups in total. The number of aryl methyl sites for hydroxylation is 1. The van der Waals surface area contributed by atoms with E-state index in [0.717, 1.165) is 19.8 Å². The molecule has 0 spiro atoms. The third-order valence-corrected chi connectivity index (χ3v) is 10.4. The van der Waals surface area contributed by atoms with Crippen LogP contribution >= 0.6 is 0 Å². The highest BCUT2D eigenvalue weighted by Gasteiger charge is 2.54. The minimum Gasteiger partial charge on any atom is -0.497 e. The fraction of sp³-hybridized carbons (Fsp3) is 0.488. The molecule has 2 fully saturated rings. The van der Waals surface area contributed by atoms with Gasteiger partial charge in [-0.3, -0.25) is 9.59 Å². The molecule has 59 heavy (non-hydrogen) atoms. The van der Waals surface area contributed by atoms with E-state index in [1.807, 2.05) is 31.2 Å². The number of carbonyl (C=O) groups is 3. The van der Waals surface area contributed by atoms with Crippen LogP contribution in [0, 0.1) is 12.8 Å². The lowest BCUT2D eigenvalue weighted by molar-refractivity contribution is -0.348. The Balaban J connectivity index is 1.27. The minimum absolute atomic E-state index is 0.122. The maximum atomic E-state index is 13.9. The predicted molar refractivity (Wildman–Crippen MR) is 205 cm³/mol. The summed E-state index contributed by atoms with van der Waals surface area (Å²) in [6, 6.07) is 21.0. The lowest BCUT2D eigenvalue weighted by atomic mass is 9.74. The molecule has 2 saturated heterocycles. The van der Waals surface area contributed by atoms with Crippen molar-refractivity contribution < 1.29 is 78.2 Å². The molecule has 0 aromatic heterocycles. The number of aliphatic hydroxyl groups is 5. The summed E-state index contributed by atoms with van der Waals surface area (Å²) in [4.78, 5) is 39.3. The van der Waals surface area contributed by atoms with Crippen molar-refractivity contribution in [3.63, 3.8) is 0 Å². The fourth-order valence-electron chi connectivity index (χ4n) is 7.16. The maximum absolute atomic E-state index is 13.9. The first-order valence-electron chi connectivity index (χ1n) is 18.9. The van der Waals surface area contributed by atoms with Crippen molar-refractivity contribution in [1.82, 2.24) is 10.6 Å². The van der Waals surface area contributed by atoms with Gasteiger partial charge in [-0.1, -0.05) is 48.9 Å². The number of hydrogen-bond acceptors (Lipinski definition) is 15. The standard InChI is InChI=1S/C41H52N2O16/c1-6-27(41(52,22-9-15-24(53-3)16-10-22)23-11-17-26(18-12-23)56-25-13-7-21(2)8-14-25)36(48)42-19-20-43-37(49)34-32(54-4)28(44)31(47)40(58-34)57-33-29(45)30(46)39(55-5)59-35(33)38(50)51/h7-18,27-35,39-40,44-47,52H,6,19-20H2,1-5H3,(H,42,48)(H,43,49)(H,50,51)/t27?,28-,29-,30-,31?,32+,33+,34?,35?,39?,40-,41?/m1/s1. The number of ether oxygens (including phenoxy) is 7. The van der Waals surface area contributed by atoms with Crippen LogP contribution in [0.1, 0.15) is 30.0 Å². The number of benzene rings is 3. The molecular formula is C41H52N2O16. The summed E-state index contributed by atoms with van der Waals surface area (Å²) in [6.07, 6.45) is -17.5. The van der Waals surface area contributed by atoms with E-state index in [1.165, 1.54) is 7.11 Å². The van der Waals surface area contributed by atoms with Gasteiger partial charge in [0, 0.05) is 27.3 Å². The SMILES string of the molecule is CCC(C(=O)NCCNC(=O)C1O[C@@H](O[C@@H]2C(C(=O)O)OC(OC)[C@H](O)[C@H]2O)C(O)[C@@H](O)[C@@H]1OC)C(O)(c1ccc(OC)cc1)c1ccc(Oc2ccc(C)cc2)cc1. The Labute approximate surface area is 340 Å². The Morgan fingerprint density at radius 3 is 1.73 bits per heavy atom. The van der Waals surface area contributed by atoms with Gasteiger partial charge in [0.15, 0.2) is 24.8 Å². The molecule has 2 heterocycles. The highest BCUT2D eigenvalue weighted by Crippen LogP contribution is 2.40. The van der Waals surface area contributed by atoms with Gasteiger partial charge in [-0.25, -0.2) is 4.79 Å². The molecule has 2 aliphatic heterocycles. The van der Waals surface area contributed by atoms with E-state index in [1.54, 1.807) is 55.5 Å². The average Bonchev–Trinajstić information content (AvgIpc) is 3.23. The highest BCUT2D eigenvalue weighted by molar-refractivity contribution is 5.83. The minimum atomic E-state index is -1.91. The number of amides is 2. The zero-order valence-electron chi connectivity index (χ0n) is 33.2. The van der Waals surface area contributed by atoms with Gasteiger partial charge in [0.25, 0.3) is 5.91 Å². The molecule has 12 atom stereocenters. The molecule has 0 saturated carbocycles. The van der Waals surface area contributed by atoms with Crippen molar-refractivity contribution in [2.45, 2.75) is 87.3 Å². The van der Waals surface area contributed by atoms with Crippen LogP contribution in [0.2, 0.25) is 0 Å². The molecule has 18 nitrogen and oxygen atoms in total. The summed E-state index contributed by atoms with van der Waals surface area (Å²) in [7, 11) is 3.80. The Hall–Kier alpha value is -4.73. The van der Waals surface area contributed by atoms with Gasteiger partial charge < -0.3 is 74.4 Å². The van der Waals surface area contributed by atoms with Crippen molar-refractivity contribution in [2.24, 2.45) is 5.92 Å². The van der Waals surface area contributed by atoms with E-state index in [4.69, 9.17) is 33.2 Å². The third kappa shape index (κ3) is 10.0. The first-order valence-corrected chi connectivity index (χ1v) is 18.9. The first kappa shape index (κ1) is 45.4. The van der Waals surface area contributed by atoms with Crippen molar-refractivity contribution in [3.05, 3.63) is 89.5 Å². The molecule has 2 aliphatic rings. The molecule has 18 heteroatoms. The fourth-order valence-corrected chi connectivity index (χ4v) is 7.16. The number of hydrogen-bond donors (Lipinski definition) is 8. The second-order valence-corrected chi connectivity index (χ2v) is 14.2. The van der Waals surface area contributed by atoms with E-state index in [2.05, 4.69) is 10.6 Å². The molecular weight excluding hydrogens is 776 g/mol. The lowest BCUT2D eigenvalue weighted by Crippen LogP contribution is -2.66. The number of carboxylic acids is 1. The Kier molecular flexibility index (Phi) is 15.4. The monoisotopic (exact) mass is 828 g/mol. The smallest absolute Gasteiger partial charge is 0.335 e. The van der Waals surface area contributed by atoms with E-state index in [0.29, 0.717) is 28.4 Å². The van der Waals surface area contributed by atoms with Crippen LogP contribution in [0.25, 0.3) is 0 Å². The van der Waals surface area contributed by atoms with Crippen LogP contribution in [-0.2, 0) is 43.7 Å². The first-order chi connectivity index (χ1) is 28.2. The summed E-state index contributed by atoms with van der Waals surface area (Å²) in [6.45, 7) is 3.43. The van der Waals surface area contributed by atoms with E-state index in [-0.39, 0.29) is 19.5 Å². The Bertz CT molecular complexity index is 1850. The predicted octanol–water partition coefficient (Wildman–Crippen LogP) is 0.315. The molecule has 322 valence electrons. The summed E-state index contributed by atoms with van der Waals surface area (Å²) < 4.78 is 37.9. The van der Waals surface area contributed by atoms with Gasteiger partial charge in [0.1, 0.15) is 59.5 Å². The van der Waals surface area contributed by atoms with E-state index in [9.17, 15) is 45.0 Å². The van der Waals surface area contributed by atoms with Gasteiger partial charge in [-0.15, -0.1) is 0 Å². The summed E-state index contributed by atoms with van der Waals surface area (Å²) >= 11 is 0. The summed E-state index contributed by atoms with van der Waals surface area (Å²) in [5.74, 6) is -2.33. The molecule has 0 aliphatic carbocycles. The molecule has 0 radical (unpaired) electrons. The van der Waals surface area contributed by atoms with E-state index < -0.39 is 90.7 Å².